The molecular formula is C25H28N4O5. The zero-order chi connectivity index (χ0) is 23.9. The highest BCUT2D eigenvalue weighted by atomic mass is 16.5. The van der Waals surface area contributed by atoms with Gasteiger partial charge in [-0.3, -0.25) is 4.79 Å². The van der Waals surface area contributed by atoms with E-state index in [9.17, 15) is 4.79 Å². The molecule has 3 aromatic heterocycles. The van der Waals surface area contributed by atoms with E-state index < -0.39 is 5.41 Å². The van der Waals surface area contributed by atoms with Crippen LogP contribution in [0.2, 0.25) is 0 Å². The van der Waals surface area contributed by atoms with Crippen molar-refractivity contribution in [3.63, 3.8) is 0 Å². The Morgan fingerprint density at radius 1 is 1.24 bits per heavy atom. The topological polar surface area (TPSA) is 91.3 Å². The minimum Gasteiger partial charge on any atom is -0.496 e. The van der Waals surface area contributed by atoms with E-state index >= 15 is 0 Å². The van der Waals surface area contributed by atoms with Crippen molar-refractivity contribution in [1.29, 1.82) is 0 Å². The first-order valence-electron chi connectivity index (χ1n) is 11.3. The number of morpholine rings is 1. The van der Waals surface area contributed by atoms with Gasteiger partial charge in [0, 0.05) is 18.0 Å². The number of fused-ring (bicyclic) bond motifs is 2. The van der Waals surface area contributed by atoms with Crippen LogP contribution in [0.3, 0.4) is 0 Å². The molecule has 1 unspecified atom stereocenters. The Labute approximate surface area is 197 Å². The Balaban J connectivity index is 1.34. The molecule has 1 aromatic carbocycles. The molecule has 1 atom stereocenters. The van der Waals surface area contributed by atoms with Crippen molar-refractivity contribution in [2.24, 2.45) is 5.41 Å². The fourth-order valence-corrected chi connectivity index (χ4v) is 4.10. The second-order valence-electron chi connectivity index (χ2n) is 9.37. The Morgan fingerprint density at radius 3 is 2.88 bits per heavy atom. The lowest BCUT2D eigenvalue weighted by molar-refractivity contribution is -0.148. The van der Waals surface area contributed by atoms with Gasteiger partial charge < -0.3 is 23.5 Å². The Kier molecular flexibility index (Phi) is 5.65. The van der Waals surface area contributed by atoms with E-state index in [1.54, 1.807) is 23.9 Å². The van der Waals surface area contributed by atoms with Crippen molar-refractivity contribution in [2.45, 2.75) is 26.9 Å². The molecule has 1 saturated heterocycles. The lowest BCUT2D eigenvalue weighted by Gasteiger charge is -2.36. The van der Waals surface area contributed by atoms with Crippen molar-refractivity contribution in [2.75, 3.05) is 33.4 Å². The predicted molar refractivity (Wildman–Crippen MR) is 126 cm³/mol. The molecule has 1 aliphatic rings. The van der Waals surface area contributed by atoms with Crippen LogP contribution < -0.4 is 9.47 Å². The van der Waals surface area contributed by atoms with E-state index in [2.05, 4.69) is 10.1 Å². The highest BCUT2D eigenvalue weighted by molar-refractivity contribution is 5.88. The molecule has 9 heteroatoms. The molecule has 0 saturated carbocycles. The molecule has 178 valence electrons. The van der Waals surface area contributed by atoms with Gasteiger partial charge in [-0.15, -0.1) is 5.10 Å². The number of rotatable bonds is 5. The van der Waals surface area contributed by atoms with Gasteiger partial charge in [0.1, 0.15) is 29.7 Å². The summed E-state index contributed by atoms with van der Waals surface area (Å²) in [6, 6.07) is 11.2. The normalized spacial score (nSPS) is 16.8. The molecule has 34 heavy (non-hydrogen) atoms. The van der Waals surface area contributed by atoms with E-state index in [4.69, 9.17) is 18.6 Å². The van der Waals surface area contributed by atoms with Gasteiger partial charge in [-0.1, -0.05) is 26.8 Å². The second-order valence-corrected chi connectivity index (χ2v) is 9.37. The van der Waals surface area contributed by atoms with Gasteiger partial charge in [-0.2, -0.15) is 0 Å². The van der Waals surface area contributed by atoms with Crippen LogP contribution in [-0.4, -0.2) is 64.9 Å². The molecule has 5 rings (SSSR count). The summed E-state index contributed by atoms with van der Waals surface area (Å²) in [7, 11) is 1.63. The number of carbonyl (C=O) groups is 1. The number of hydrogen-bond acceptors (Lipinski definition) is 7. The van der Waals surface area contributed by atoms with E-state index in [0.29, 0.717) is 42.7 Å². The Morgan fingerprint density at radius 2 is 2.09 bits per heavy atom. The maximum atomic E-state index is 12.6. The number of aromatic nitrogens is 3. The van der Waals surface area contributed by atoms with Crippen molar-refractivity contribution in [3.05, 3.63) is 42.6 Å². The summed E-state index contributed by atoms with van der Waals surface area (Å²) in [5.74, 6) is 1.92. The van der Waals surface area contributed by atoms with E-state index in [1.165, 1.54) is 0 Å². The van der Waals surface area contributed by atoms with Crippen LogP contribution >= 0.6 is 0 Å². The van der Waals surface area contributed by atoms with Crippen molar-refractivity contribution in [1.82, 2.24) is 19.5 Å². The number of furan rings is 1. The summed E-state index contributed by atoms with van der Waals surface area (Å²) in [4.78, 5) is 18.9. The van der Waals surface area contributed by atoms with Gasteiger partial charge >= 0.3 is 0 Å². The first-order valence-corrected chi connectivity index (χ1v) is 11.3. The summed E-state index contributed by atoms with van der Waals surface area (Å²) < 4.78 is 24.9. The number of imidazole rings is 1. The van der Waals surface area contributed by atoms with E-state index in [0.717, 1.165) is 16.7 Å². The van der Waals surface area contributed by atoms with Crippen LogP contribution in [0, 0.1) is 5.41 Å². The number of amides is 1. The Hall–Kier alpha value is -3.59. The molecule has 4 aromatic rings. The van der Waals surface area contributed by atoms with Gasteiger partial charge in [-0.25, -0.2) is 9.50 Å². The first-order chi connectivity index (χ1) is 16.3. The van der Waals surface area contributed by atoms with Gasteiger partial charge in [0.15, 0.2) is 11.4 Å². The third-order valence-corrected chi connectivity index (χ3v) is 5.82. The lowest BCUT2D eigenvalue weighted by Crippen LogP contribution is -2.50. The quantitative estimate of drug-likeness (QED) is 0.444. The van der Waals surface area contributed by atoms with Crippen LogP contribution in [0.5, 0.6) is 11.6 Å². The maximum absolute atomic E-state index is 12.6. The lowest BCUT2D eigenvalue weighted by atomic mass is 9.94. The van der Waals surface area contributed by atoms with Crippen molar-refractivity contribution < 1.29 is 23.4 Å². The van der Waals surface area contributed by atoms with Gasteiger partial charge in [-0.05, 0) is 24.3 Å². The molecule has 0 spiro atoms. The number of benzene rings is 1. The number of methoxy groups -OCH3 is 1. The number of nitrogens with zero attached hydrogens (tertiary/aromatic N) is 4. The molecule has 0 bridgehead atoms. The molecule has 1 amide bonds. The number of hydrogen-bond donors (Lipinski definition) is 0. The monoisotopic (exact) mass is 464 g/mol. The van der Waals surface area contributed by atoms with E-state index in [1.807, 2.05) is 56.0 Å². The molecule has 0 radical (unpaired) electrons. The van der Waals surface area contributed by atoms with Crippen LogP contribution in [0.4, 0.5) is 0 Å². The van der Waals surface area contributed by atoms with Crippen molar-refractivity contribution in [3.8, 4) is 23.1 Å². The average molecular weight is 465 g/mol. The minimum atomic E-state index is -0.423. The summed E-state index contributed by atoms with van der Waals surface area (Å²) in [6.45, 7) is 7.65. The minimum absolute atomic E-state index is 0.117. The van der Waals surface area contributed by atoms with Crippen LogP contribution in [0.25, 0.3) is 28.1 Å². The molecule has 4 heterocycles. The highest BCUT2D eigenvalue weighted by Gasteiger charge is 2.31. The van der Waals surface area contributed by atoms with Gasteiger partial charge in [0.2, 0.25) is 11.8 Å². The van der Waals surface area contributed by atoms with Crippen LogP contribution in [0.1, 0.15) is 20.8 Å². The standard InChI is InChI=1S/C25H28N4O5/c1-25(2,3)24(30)28-10-11-32-16(14-28)15-33-23-9-8-22-26-13-18(29(22)27-23)21-12-17-19(31-4)6-5-7-20(17)34-21/h5-9,12-13,16H,10-11,14-15H2,1-4H3. The fraction of sp³-hybridized carbons (Fsp3) is 0.400. The smallest absolute Gasteiger partial charge is 0.231 e. The molecule has 9 nitrogen and oxygen atoms in total. The van der Waals surface area contributed by atoms with Crippen molar-refractivity contribution >= 4 is 22.5 Å². The second kappa shape index (κ2) is 8.64. The first kappa shape index (κ1) is 22.2. The average Bonchev–Trinajstić information content (AvgIpc) is 3.45. The molecular weight excluding hydrogens is 436 g/mol. The zero-order valence-corrected chi connectivity index (χ0v) is 19.8. The molecule has 0 N–H and O–H groups in total. The van der Waals surface area contributed by atoms with Crippen LogP contribution in [0.15, 0.2) is 47.0 Å². The summed E-state index contributed by atoms with van der Waals surface area (Å²) in [5.41, 5.74) is 1.68. The third kappa shape index (κ3) is 4.19. The zero-order valence-electron chi connectivity index (χ0n) is 19.8. The maximum Gasteiger partial charge on any atom is 0.231 e. The molecule has 1 aliphatic heterocycles. The summed E-state index contributed by atoms with van der Waals surface area (Å²) in [6.07, 6.45) is 1.50. The largest absolute Gasteiger partial charge is 0.496 e. The molecule has 0 aliphatic carbocycles. The number of ether oxygens (including phenoxy) is 3. The Bertz CT molecular complexity index is 1340. The highest BCUT2D eigenvalue weighted by Crippen LogP contribution is 2.33. The third-order valence-electron chi connectivity index (χ3n) is 5.82. The predicted octanol–water partition coefficient (Wildman–Crippen LogP) is 3.80. The SMILES string of the molecule is COc1cccc2oc(-c3cnc4ccc(OCC5CN(C(=O)C(C)(C)C)CCO5)nn34)cc12. The summed E-state index contributed by atoms with van der Waals surface area (Å²) in [5, 5.41) is 5.49. The molecule has 1 fully saturated rings. The van der Waals surface area contributed by atoms with E-state index in [-0.39, 0.29) is 18.6 Å². The van der Waals surface area contributed by atoms with Crippen LogP contribution in [-0.2, 0) is 9.53 Å². The summed E-state index contributed by atoms with van der Waals surface area (Å²) >= 11 is 0. The van der Waals surface area contributed by atoms with Gasteiger partial charge in [0.05, 0.1) is 31.8 Å². The number of carbonyl (C=O) groups excluding carboxylic acids is 1. The van der Waals surface area contributed by atoms with Gasteiger partial charge in [0.25, 0.3) is 0 Å². The fourth-order valence-electron chi connectivity index (χ4n) is 4.10.